The molecular weight excluding hydrogens is 506 g/mol. The Morgan fingerprint density at radius 2 is 1.37 bits per heavy atom. The van der Waals surface area contributed by atoms with Crippen molar-refractivity contribution >= 4 is 15.2 Å². The molecule has 1 saturated heterocycles. The number of hydrogen-bond acceptors (Lipinski definition) is 4. The molecule has 1 aromatic carbocycles. The first-order chi connectivity index (χ1) is 17.8. The molecule has 1 heterocycles. The fraction of sp³-hybridized carbons (Fsp3) is 0.800. The van der Waals surface area contributed by atoms with Crippen molar-refractivity contribution in [1.29, 1.82) is 0 Å². The molecule has 1 saturated carbocycles. The standard InChI is InChI=1S/C30H60N6P2/c1-30(2,3)31-37(32-38(33(4)5,34(6)7)35(8)9)29(19-16-24-36(37)10)25-26-20-22-28(23-21-26)27-17-14-12-11-13-15-18-27/h20-23,27,29,32,38H,11-19,24-25H2,1-10H3. The summed E-state index contributed by atoms with van der Waals surface area (Å²) in [6.07, 6.45) is 13.3. The van der Waals surface area contributed by atoms with Crippen molar-refractivity contribution in [2.24, 2.45) is 4.74 Å². The molecule has 3 rings (SSSR count). The van der Waals surface area contributed by atoms with Gasteiger partial charge in [0.25, 0.3) is 0 Å². The van der Waals surface area contributed by atoms with Crippen LogP contribution in [0.1, 0.15) is 95.6 Å². The number of nitrogens with zero attached hydrogens (tertiary/aromatic N) is 5. The van der Waals surface area contributed by atoms with Crippen LogP contribution in [-0.2, 0) is 6.42 Å². The zero-order chi connectivity index (χ0) is 28.1. The summed E-state index contributed by atoms with van der Waals surface area (Å²) >= 11 is 0. The van der Waals surface area contributed by atoms with E-state index in [1.54, 1.807) is 5.56 Å². The van der Waals surface area contributed by atoms with Gasteiger partial charge in [-0.15, -0.1) is 0 Å². The Balaban J connectivity index is 1.99. The Morgan fingerprint density at radius 3 is 1.87 bits per heavy atom. The Morgan fingerprint density at radius 1 is 0.842 bits per heavy atom. The summed E-state index contributed by atoms with van der Waals surface area (Å²) in [7, 11) is 11.3. The van der Waals surface area contributed by atoms with Gasteiger partial charge in [0, 0.05) is 0 Å². The van der Waals surface area contributed by atoms with Gasteiger partial charge in [0.1, 0.15) is 0 Å². The van der Waals surface area contributed by atoms with E-state index in [2.05, 4.69) is 118 Å². The van der Waals surface area contributed by atoms with Crippen LogP contribution in [0, 0.1) is 0 Å². The first-order valence-corrected chi connectivity index (χ1v) is 18.7. The third-order valence-electron chi connectivity index (χ3n) is 8.71. The number of rotatable bonds is 8. The average Bonchev–Trinajstić information content (AvgIpc) is 2.79. The second-order valence-electron chi connectivity index (χ2n) is 13.5. The van der Waals surface area contributed by atoms with Crippen molar-refractivity contribution in [3.05, 3.63) is 35.4 Å². The molecule has 8 heteroatoms. The van der Waals surface area contributed by atoms with Crippen LogP contribution in [0.5, 0.6) is 0 Å². The maximum atomic E-state index is 5.78. The monoisotopic (exact) mass is 566 g/mol. The number of nitrogens with one attached hydrogen (secondary N) is 1. The van der Waals surface area contributed by atoms with E-state index in [0.29, 0.717) is 5.66 Å². The predicted molar refractivity (Wildman–Crippen MR) is 172 cm³/mol. The van der Waals surface area contributed by atoms with Gasteiger partial charge in [-0.05, 0) is 0 Å². The normalized spacial score (nSPS) is 25.6. The van der Waals surface area contributed by atoms with Crippen LogP contribution in [0.25, 0.3) is 0 Å². The SMILES string of the molecule is CN1CCCC(Cc2ccc(C3CCCCCCC3)cc2)P1(=NC(C)(C)C)N[PH](N(C)C)(N(C)C)N(C)C. The summed E-state index contributed by atoms with van der Waals surface area (Å²) in [4.78, 5) is 4.42. The van der Waals surface area contributed by atoms with E-state index in [1.165, 1.54) is 63.4 Å². The Kier molecular flexibility index (Phi) is 11.5. The van der Waals surface area contributed by atoms with Gasteiger partial charge in [0.15, 0.2) is 0 Å². The van der Waals surface area contributed by atoms with E-state index < -0.39 is 15.2 Å². The molecule has 1 N–H and O–H groups in total. The maximum absolute atomic E-state index is 5.78. The van der Waals surface area contributed by atoms with Crippen LogP contribution in [0.2, 0.25) is 0 Å². The second-order valence-corrected chi connectivity index (χ2v) is 21.3. The van der Waals surface area contributed by atoms with E-state index in [9.17, 15) is 0 Å². The predicted octanol–water partition coefficient (Wildman–Crippen LogP) is 7.67. The van der Waals surface area contributed by atoms with E-state index in [0.717, 1.165) is 18.9 Å². The average molecular weight is 567 g/mol. The molecule has 2 unspecified atom stereocenters. The van der Waals surface area contributed by atoms with E-state index in [4.69, 9.17) is 4.74 Å². The minimum atomic E-state index is -2.36. The van der Waals surface area contributed by atoms with E-state index >= 15 is 0 Å². The van der Waals surface area contributed by atoms with Crippen LogP contribution in [0.15, 0.2) is 29.0 Å². The molecule has 6 nitrogen and oxygen atoms in total. The topological polar surface area (TPSA) is 37.4 Å². The van der Waals surface area contributed by atoms with Gasteiger partial charge >= 0.3 is 230 Å². The van der Waals surface area contributed by atoms with E-state index in [-0.39, 0.29) is 5.54 Å². The van der Waals surface area contributed by atoms with Gasteiger partial charge in [-0.1, -0.05) is 6.42 Å². The zero-order valence-corrected chi connectivity index (χ0v) is 28.3. The Bertz CT molecular complexity index is 892. The van der Waals surface area contributed by atoms with Crippen LogP contribution in [0.4, 0.5) is 0 Å². The fourth-order valence-corrected chi connectivity index (χ4v) is 18.3. The van der Waals surface area contributed by atoms with Gasteiger partial charge in [-0.3, -0.25) is 0 Å². The number of hydrogen-bond donors (Lipinski definition) is 1. The van der Waals surface area contributed by atoms with Crippen LogP contribution >= 0.6 is 15.2 Å². The Labute approximate surface area is 236 Å². The molecule has 2 fully saturated rings. The third-order valence-corrected chi connectivity index (χ3v) is 18.6. The molecule has 0 radical (unpaired) electrons. The molecule has 0 spiro atoms. The summed E-state index contributed by atoms with van der Waals surface area (Å²) in [6.45, 7) is 7.95. The molecular formula is C30H60N6P2. The molecule has 0 aromatic heterocycles. The van der Waals surface area contributed by atoms with Crippen molar-refractivity contribution in [3.8, 4) is 0 Å². The molecule has 2 aliphatic rings. The molecule has 1 aliphatic heterocycles. The first kappa shape index (κ1) is 32.2. The molecule has 220 valence electrons. The van der Waals surface area contributed by atoms with Gasteiger partial charge < -0.3 is 0 Å². The van der Waals surface area contributed by atoms with Gasteiger partial charge in [-0.2, -0.15) is 0 Å². The van der Waals surface area contributed by atoms with Gasteiger partial charge in [-0.25, -0.2) is 0 Å². The van der Waals surface area contributed by atoms with Crippen LogP contribution < -0.4 is 4.86 Å². The molecule has 2 atom stereocenters. The summed E-state index contributed by atoms with van der Waals surface area (Å²) in [5.74, 6) is 0.751. The van der Waals surface area contributed by atoms with Crippen molar-refractivity contribution in [2.45, 2.75) is 102 Å². The first-order valence-electron chi connectivity index (χ1n) is 15.1. The summed E-state index contributed by atoms with van der Waals surface area (Å²) in [5, 5.41) is 0. The van der Waals surface area contributed by atoms with Crippen LogP contribution in [-0.4, -0.2) is 85.8 Å². The van der Waals surface area contributed by atoms with E-state index in [1.807, 2.05) is 0 Å². The number of benzene rings is 1. The molecule has 0 amide bonds. The quantitative estimate of drug-likeness (QED) is 0.327. The molecule has 1 aromatic rings. The molecule has 0 bridgehead atoms. The summed E-state index contributed by atoms with van der Waals surface area (Å²) < 4.78 is 15.7. The fourth-order valence-electron chi connectivity index (χ4n) is 6.92. The van der Waals surface area contributed by atoms with Crippen molar-refractivity contribution in [2.75, 3.05) is 55.9 Å². The van der Waals surface area contributed by atoms with Crippen molar-refractivity contribution in [3.63, 3.8) is 0 Å². The van der Waals surface area contributed by atoms with Crippen molar-refractivity contribution < 1.29 is 0 Å². The second kappa shape index (κ2) is 13.6. The molecule has 1 aliphatic carbocycles. The van der Waals surface area contributed by atoms with Gasteiger partial charge in [0.2, 0.25) is 0 Å². The Hall–Kier alpha value is -0.320. The van der Waals surface area contributed by atoms with Gasteiger partial charge in [0.05, 0.1) is 0 Å². The molecule has 38 heavy (non-hydrogen) atoms. The van der Waals surface area contributed by atoms with Crippen molar-refractivity contribution in [1.82, 2.24) is 23.5 Å². The zero-order valence-electron chi connectivity index (χ0n) is 26.4. The summed E-state index contributed by atoms with van der Waals surface area (Å²) in [6, 6.07) is 9.81. The van der Waals surface area contributed by atoms with Crippen LogP contribution in [0.3, 0.4) is 0 Å². The third kappa shape index (κ3) is 7.49. The summed E-state index contributed by atoms with van der Waals surface area (Å²) in [5.41, 5.74) is 3.42. The minimum absolute atomic E-state index is 0.113.